The molecule has 2 heterocycles. The number of fused-ring (bicyclic) bond motifs is 1. The summed E-state index contributed by atoms with van der Waals surface area (Å²) in [6.07, 6.45) is 3.25. The van der Waals surface area contributed by atoms with Gasteiger partial charge in [-0.15, -0.1) is 0 Å². The van der Waals surface area contributed by atoms with E-state index in [4.69, 9.17) is 11.6 Å². The maximum atomic E-state index is 14.0. The molecule has 3 rings (SSSR count). The molecule has 0 saturated heterocycles. The molecular formula is C21H25ClFN5O. The molecule has 0 fully saturated rings. The zero-order chi connectivity index (χ0) is 21.1. The van der Waals surface area contributed by atoms with Crippen molar-refractivity contribution < 1.29 is 9.18 Å². The third kappa shape index (κ3) is 4.34. The van der Waals surface area contributed by atoms with Crippen LogP contribution in [-0.4, -0.2) is 26.7 Å². The van der Waals surface area contributed by atoms with Gasteiger partial charge in [0.25, 0.3) is 5.91 Å². The molecule has 0 spiro atoms. The van der Waals surface area contributed by atoms with E-state index in [1.807, 2.05) is 6.92 Å². The smallest absolute Gasteiger partial charge is 0.255 e. The molecule has 0 aliphatic carbocycles. The van der Waals surface area contributed by atoms with Crippen LogP contribution >= 0.6 is 11.6 Å². The number of aromatic nitrogens is 3. The predicted octanol–water partition coefficient (Wildman–Crippen LogP) is 4.63. The van der Waals surface area contributed by atoms with Gasteiger partial charge < -0.3 is 10.6 Å². The lowest BCUT2D eigenvalue weighted by Gasteiger charge is -2.21. The highest BCUT2D eigenvalue weighted by atomic mass is 35.5. The van der Waals surface area contributed by atoms with E-state index in [0.717, 1.165) is 5.39 Å². The van der Waals surface area contributed by atoms with Crippen molar-refractivity contribution in [2.75, 3.05) is 5.32 Å². The number of benzene rings is 1. The van der Waals surface area contributed by atoms with E-state index in [9.17, 15) is 9.18 Å². The maximum Gasteiger partial charge on any atom is 0.255 e. The van der Waals surface area contributed by atoms with Crippen LogP contribution in [0.5, 0.6) is 0 Å². The van der Waals surface area contributed by atoms with E-state index < -0.39 is 5.82 Å². The zero-order valence-corrected chi connectivity index (χ0v) is 17.7. The van der Waals surface area contributed by atoms with E-state index in [0.29, 0.717) is 29.4 Å². The molecule has 0 aliphatic heterocycles. The van der Waals surface area contributed by atoms with Gasteiger partial charge in [-0.1, -0.05) is 31.5 Å². The van der Waals surface area contributed by atoms with E-state index in [1.54, 1.807) is 16.9 Å². The molecule has 1 atom stereocenters. The Balaban J connectivity index is 1.95. The number of pyridine rings is 1. The number of nitrogens with zero attached hydrogens (tertiary/aromatic N) is 3. The van der Waals surface area contributed by atoms with Crippen molar-refractivity contribution in [2.45, 2.75) is 46.8 Å². The SMILES string of the molecule is CCn1ncc2c(N[C@@H](C)C(C)C)c(C(=O)NCc3c(F)cccc3Cl)cnc21. The van der Waals surface area contributed by atoms with Crippen molar-refractivity contribution in [3.05, 3.63) is 52.6 Å². The van der Waals surface area contributed by atoms with E-state index in [2.05, 4.69) is 41.5 Å². The Hall–Kier alpha value is -2.67. The predicted molar refractivity (Wildman–Crippen MR) is 114 cm³/mol. The highest BCUT2D eigenvalue weighted by molar-refractivity contribution is 6.31. The summed E-state index contributed by atoms with van der Waals surface area (Å²) < 4.78 is 15.8. The lowest BCUT2D eigenvalue weighted by molar-refractivity contribution is 0.0951. The first-order valence-corrected chi connectivity index (χ1v) is 10.0. The fraction of sp³-hybridized carbons (Fsp3) is 0.381. The second kappa shape index (κ2) is 8.78. The number of hydrogen-bond acceptors (Lipinski definition) is 4. The Morgan fingerprint density at radius 2 is 2.03 bits per heavy atom. The quantitative estimate of drug-likeness (QED) is 0.587. The molecule has 2 N–H and O–H groups in total. The number of rotatable bonds is 7. The summed E-state index contributed by atoms with van der Waals surface area (Å²) in [6.45, 7) is 8.90. The largest absolute Gasteiger partial charge is 0.381 e. The summed E-state index contributed by atoms with van der Waals surface area (Å²) in [5, 5.41) is 11.6. The van der Waals surface area contributed by atoms with Crippen LogP contribution < -0.4 is 10.6 Å². The molecule has 1 amide bonds. The minimum atomic E-state index is -0.456. The molecule has 6 nitrogen and oxygen atoms in total. The summed E-state index contributed by atoms with van der Waals surface area (Å²) >= 11 is 6.06. The Kier molecular flexibility index (Phi) is 6.37. The fourth-order valence-electron chi connectivity index (χ4n) is 2.95. The fourth-order valence-corrected chi connectivity index (χ4v) is 3.18. The van der Waals surface area contributed by atoms with Gasteiger partial charge in [-0.2, -0.15) is 5.10 Å². The second-order valence-corrected chi connectivity index (χ2v) is 7.71. The van der Waals surface area contributed by atoms with E-state index in [-0.39, 0.29) is 29.1 Å². The molecule has 154 valence electrons. The molecule has 0 unspecified atom stereocenters. The Morgan fingerprint density at radius 3 is 2.69 bits per heavy atom. The van der Waals surface area contributed by atoms with Gasteiger partial charge in [-0.3, -0.25) is 4.79 Å². The van der Waals surface area contributed by atoms with Crippen LogP contribution in [0.25, 0.3) is 11.0 Å². The third-order valence-corrected chi connectivity index (χ3v) is 5.42. The number of carbonyl (C=O) groups excluding carboxylic acids is 1. The monoisotopic (exact) mass is 417 g/mol. The van der Waals surface area contributed by atoms with Crippen LogP contribution in [0.1, 0.15) is 43.6 Å². The molecule has 3 aromatic rings. The number of anilines is 1. The Bertz CT molecular complexity index is 1010. The van der Waals surface area contributed by atoms with Gasteiger partial charge >= 0.3 is 0 Å². The summed E-state index contributed by atoms with van der Waals surface area (Å²) in [4.78, 5) is 17.4. The van der Waals surface area contributed by atoms with Crippen molar-refractivity contribution in [1.82, 2.24) is 20.1 Å². The summed E-state index contributed by atoms with van der Waals surface area (Å²) in [7, 11) is 0. The molecule has 29 heavy (non-hydrogen) atoms. The van der Waals surface area contributed by atoms with Gasteiger partial charge in [-0.25, -0.2) is 14.1 Å². The summed E-state index contributed by atoms with van der Waals surface area (Å²) in [5.41, 5.74) is 2.02. The van der Waals surface area contributed by atoms with Crippen LogP contribution in [0, 0.1) is 11.7 Å². The van der Waals surface area contributed by atoms with Crippen molar-refractivity contribution in [2.24, 2.45) is 5.92 Å². The highest BCUT2D eigenvalue weighted by Gasteiger charge is 2.21. The van der Waals surface area contributed by atoms with Crippen LogP contribution in [0.2, 0.25) is 5.02 Å². The molecule has 8 heteroatoms. The first-order chi connectivity index (χ1) is 13.8. The van der Waals surface area contributed by atoms with Crippen molar-refractivity contribution in [3.8, 4) is 0 Å². The zero-order valence-electron chi connectivity index (χ0n) is 17.0. The van der Waals surface area contributed by atoms with E-state index in [1.165, 1.54) is 18.3 Å². The average Bonchev–Trinajstić information content (AvgIpc) is 3.11. The topological polar surface area (TPSA) is 71.8 Å². The minimum absolute atomic E-state index is 0.0181. The Labute approximate surface area is 174 Å². The molecule has 0 aliphatic rings. The Morgan fingerprint density at radius 1 is 1.28 bits per heavy atom. The van der Waals surface area contributed by atoms with Crippen molar-refractivity contribution in [3.63, 3.8) is 0 Å². The number of amides is 1. The number of carbonyl (C=O) groups is 1. The van der Waals surface area contributed by atoms with Gasteiger partial charge in [0.1, 0.15) is 5.82 Å². The molecule has 0 saturated carbocycles. The number of aryl methyl sites for hydroxylation is 1. The highest BCUT2D eigenvalue weighted by Crippen LogP contribution is 2.28. The first-order valence-electron chi connectivity index (χ1n) is 9.65. The maximum absolute atomic E-state index is 14.0. The number of nitrogens with one attached hydrogen (secondary N) is 2. The van der Waals surface area contributed by atoms with Gasteiger partial charge in [0.2, 0.25) is 0 Å². The molecule has 1 aromatic carbocycles. The van der Waals surface area contributed by atoms with Crippen molar-refractivity contribution >= 4 is 34.2 Å². The molecular weight excluding hydrogens is 393 g/mol. The first kappa shape index (κ1) is 21.0. The van der Waals surface area contributed by atoms with Gasteiger partial charge in [0, 0.05) is 35.9 Å². The number of hydrogen-bond donors (Lipinski definition) is 2. The standard InChI is InChI=1S/C21H25ClFN5O/c1-5-28-20-15(11-26-28)19(27-13(4)12(2)3)16(10-24-20)21(29)25-9-14-17(22)7-6-8-18(14)23/h6-8,10-13H,5,9H2,1-4H3,(H,24,27)(H,25,29)/t13-/m0/s1. The number of halogens is 2. The average molecular weight is 418 g/mol. The minimum Gasteiger partial charge on any atom is -0.381 e. The summed E-state index contributed by atoms with van der Waals surface area (Å²) in [5.74, 6) is -0.462. The lowest BCUT2D eigenvalue weighted by atomic mass is 10.0. The van der Waals surface area contributed by atoms with Crippen LogP contribution in [0.15, 0.2) is 30.6 Å². The third-order valence-electron chi connectivity index (χ3n) is 5.07. The van der Waals surface area contributed by atoms with Crippen LogP contribution in [-0.2, 0) is 13.1 Å². The summed E-state index contributed by atoms with van der Waals surface area (Å²) in [6, 6.07) is 4.56. The second-order valence-electron chi connectivity index (χ2n) is 7.30. The normalized spacial score (nSPS) is 12.4. The van der Waals surface area contributed by atoms with Crippen LogP contribution in [0.4, 0.5) is 10.1 Å². The molecule has 2 aromatic heterocycles. The molecule has 0 bridgehead atoms. The van der Waals surface area contributed by atoms with Gasteiger partial charge in [0.15, 0.2) is 5.65 Å². The van der Waals surface area contributed by atoms with Gasteiger partial charge in [-0.05, 0) is 31.9 Å². The van der Waals surface area contributed by atoms with E-state index >= 15 is 0 Å². The van der Waals surface area contributed by atoms with Crippen molar-refractivity contribution in [1.29, 1.82) is 0 Å². The molecule has 0 radical (unpaired) electrons. The van der Waals surface area contributed by atoms with Gasteiger partial charge in [0.05, 0.1) is 22.8 Å². The van der Waals surface area contributed by atoms with Crippen LogP contribution in [0.3, 0.4) is 0 Å². The lowest BCUT2D eigenvalue weighted by Crippen LogP contribution is -2.27.